The number of hydrogen-bond donors (Lipinski definition) is 0. The summed E-state index contributed by atoms with van der Waals surface area (Å²) in [5, 5.41) is 53.7. The first kappa shape index (κ1) is 43.3. The van der Waals surface area contributed by atoms with Crippen LogP contribution in [0, 0.1) is 5.41 Å². The predicted octanol–water partition coefficient (Wildman–Crippen LogP) is 4.39. The fraction of sp³-hybridized carbons (Fsp3) is 0.692. The van der Waals surface area contributed by atoms with Gasteiger partial charge in [-0.25, -0.2) is 18.7 Å². The van der Waals surface area contributed by atoms with Crippen molar-refractivity contribution in [1.82, 2.24) is 99.8 Å². The molecule has 0 spiro atoms. The lowest BCUT2D eigenvalue weighted by Gasteiger charge is -2.23. The van der Waals surface area contributed by atoms with Crippen LogP contribution in [0.2, 0.25) is 0 Å². The molecule has 0 amide bonds. The highest BCUT2D eigenvalue weighted by molar-refractivity contribution is 5.03. The molecule has 0 saturated carbocycles. The van der Waals surface area contributed by atoms with Gasteiger partial charge in [0.25, 0.3) is 0 Å². The van der Waals surface area contributed by atoms with Crippen LogP contribution in [0.4, 0.5) is 0 Å². The van der Waals surface area contributed by atoms with Crippen LogP contribution in [0.3, 0.4) is 0 Å². The van der Waals surface area contributed by atoms with Crippen LogP contribution in [0.15, 0.2) is 37.2 Å². The van der Waals surface area contributed by atoms with Gasteiger partial charge in [0, 0.05) is 70.2 Å². The van der Waals surface area contributed by atoms with E-state index in [1.54, 1.807) is 0 Å². The minimum Gasteiger partial charge on any atom is -0.285 e. The van der Waals surface area contributed by atoms with E-state index in [0.29, 0.717) is 52.4 Å². The van der Waals surface area contributed by atoms with Gasteiger partial charge in [0.05, 0.1) is 81.1 Å². The maximum atomic E-state index is 4.58. The van der Waals surface area contributed by atoms with Crippen molar-refractivity contribution in [2.24, 2.45) is 5.41 Å². The largest absolute Gasteiger partial charge is 0.285 e. The van der Waals surface area contributed by atoms with Gasteiger partial charge in [-0.3, -0.25) is 19.2 Å². The molecule has 0 N–H and O–H groups in total. The molecule has 0 atom stereocenters. The highest BCUT2D eigenvalue weighted by Crippen LogP contribution is 2.23. The second-order valence-corrected chi connectivity index (χ2v) is 20.6. The smallest absolute Gasteiger partial charge is 0.0967 e. The number of aromatic nitrogens is 18. The Morgan fingerprint density at radius 3 is 0.780 bits per heavy atom. The number of hydrogen-bond acceptors (Lipinski definition) is 14. The Hall–Kier alpha value is -5.24. The van der Waals surface area contributed by atoms with Gasteiger partial charge >= 0.3 is 0 Å². The Morgan fingerprint density at radius 2 is 0.559 bits per heavy atom. The fourth-order valence-corrected chi connectivity index (χ4v) is 6.41. The molecule has 20 heteroatoms. The SMILES string of the molecule is CC(C)(Cn1cc(CN(Cc2cn(C(C)(C)C)nn2)Cc2cn(C(C)(C)C)nn2)nn1)Cn1cc(CN(Cc2cn(C(C)(C)C)nn2)Cc2cn(C(C)(C)C)nn2)nn1. The van der Waals surface area contributed by atoms with Crippen molar-refractivity contribution < 1.29 is 0 Å². The second-order valence-electron chi connectivity index (χ2n) is 20.6. The van der Waals surface area contributed by atoms with Crippen LogP contribution in [-0.4, -0.2) is 99.8 Å². The Kier molecular flexibility index (Phi) is 12.1. The van der Waals surface area contributed by atoms with Crippen LogP contribution in [0.1, 0.15) is 131 Å². The molecule has 0 unspecified atom stereocenters. The molecule has 0 aromatic carbocycles. The van der Waals surface area contributed by atoms with Crippen LogP contribution in [-0.2, 0) is 74.5 Å². The minimum absolute atomic E-state index is 0.167. The van der Waals surface area contributed by atoms with Crippen molar-refractivity contribution in [3.05, 3.63) is 71.3 Å². The molecule has 6 aromatic heterocycles. The molecule has 0 aliphatic rings. The topological polar surface area (TPSA) is 191 Å². The summed E-state index contributed by atoms with van der Waals surface area (Å²) >= 11 is 0. The Bertz CT molecular complexity index is 1980. The molecule has 0 aliphatic heterocycles. The third-order valence-electron chi connectivity index (χ3n) is 9.58. The lowest BCUT2D eigenvalue weighted by molar-refractivity contribution is 0.232. The molecule has 0 radical (unpaired) electrons. The molecule has 59 heavy (non-hydrogen) atoms. The van der Waals surface area contributed by atoms with Crippen molar-refractivity contribution in [1.29, 1.82) is 0 Å². The molecule has 20 nitrogen and oxygen atoms in total. The molecule has 6 heterocycles. The summed E-state index contributed by atoms with van der Waals surface area (Å²) in [4.78, 5) is 4.49. The summed E-state index contributed by atoms with van der Waals surface area (Å²) in [6.07, 6.45) is 12.1. The lowest BCUT2D eigenvalue weighted by atomic mass is 9.93. The van der Waals surface area contributed by atoms with Crippen molar-refractivity contribution in [2.75, 3.05) is 0 Å². The summed E-state index contributed by atoms with van der Waals surface area (Å²) < 4.78 is 11.4. The van der Waals surface area contributed by atoms with E-state index in [2.05, 4.69) is 169 Å². The highest BCUT2D eigenvalue weighted by Gasteiger charge is 2.25. The molecule has 320 valence electrons. The number of rotatable bonds is 16. The molecular weight excluding hydrogens is 749 g/mol. The fourth-order valence-electron chi connectivity index (χ4n) is 6.41. The standard InChI is InChI=1S/C39H64N20/c1-35(2,3)56-23-31(42-48-56)17-52(18-32-24-57(49-43-32)36(4,5)6)15-29-21-54(46-40-29)27-39(13,14)28-55-22-30(41-47-55)16-53(19-33-25-58(50-44-33)37(7,8)9)20-34-26-59(51-45-34)38(10,11)12/h21-26H,15-20,27-28H2,1-14H3. The molecule has 6 rings (SSSR count). The van der Waals surface area contributed by atoms with Gasteiger partial charge in [0.15, 0.2) is 0 Å². The van der Waals surface area contributed by atoms with Crippen molar-refractivity contribution >= 4 is 0 Å². The summed E-state index contributed by atoms with van der Waals surface area (Å²) in [6, 6.07) is 0. The third-order valence-corrected chi connectivity index (χ3v) is 9.58. The monoisotopic (exact) mass is 813 g/mol. The Labute approximate surface area is 347 Å². The van der Waals surface area contributed by atoms with E-state index in [4.69, 9.17) is 0 Å². The van der Waals surface area contributed by atoms with Gasteiger partial charge in [0.2, 0.25) is 0 Å². The van der Waals surface area contributed by atoms with Gasteiger partial charge in [0.1, 0.15) is 0 Å². The van der Waals surface area contributed by atoms with Crippen molar-refractivity contribution in [3.8, 4) is 0 Å². The van der Waals surface area contributed by atoms with Gasteiger partial charge < -0.3 is 0 Å². The zero-order valence-electron chi connectivity index (χ0n) is 37.6. The summed E-state index contributed by atoms with van der Waals surface area (Å²) in [5.41, 5.74) is 4.29. The van der Waals surface area contributed by atoms with E-state index in [9.17, 15) is 0 Å². The average Bonchev–Trinajstić information content (AvgIpc) is 3.93. The molecular formula is C39H64N20. The summed E-state index contributed by atoms with van der Waals surface area (Å²) in [6.45, 7) is 34.3. The zero-order chi connectivity index (χ0) is 43.0. The van der Waals surface area contributed by atoms with E-state index >= 15 is 0 Å². The lowest BCUT2D eigenvalue weighted by Crippen LogP contribution is -2.26. The van der Waals surface area contributed by atoms with Gasteiger partial charge in [-0.15, -0.1) is 30.6 Å². The van der Waals surface area contributed by atoms with Crippen LogP contribution < -0.4 is 0 Å². The Balaban J connectivity index is 1.11. The Morgan fingerprint density at radius 1 is 0.339 bits per heavy atom. The molecule has 0 bridgehead atoms. The van der Waals surface area contributed by atoms with E-state index in [1.165, 1.54) is 0 Å². The minimum atomic E-state index is -0.219. The van der Waals surface area contributed by atoms with Crippen molar-refractivity contribution in [2.45, 2.75) is 171 Å². The van der Waals surface area contributed by atoms with Crippen molar-refractivity contribution in [3.63, 3.8) is 0 Å². The second kappa shape index (κ2) is 16.4. The zero-order valence-corrected chi connectivity index (χ0v) is 37.6. The average molecular weight is 813 g/mol. The molecule has 0 fully saturated rings. The van der Waals surface area contributed by atoms with E-state index in [0.717, 1.165) is 34.2 Å². The predicted molar refractivity (Wildman–Crippen MR) is 220 cm³/mol. The van der Waals surface area contributed by atoms with Gasteiger partial charge in [-0.1, -0.05) is 45.1 Å². The van der Waals surface area contributed by atoms with Crippen LogP contribution >= 0.6 is 0 Å². The van der Waals surface area contributed by atoms with Crippen LogP contribution in [0.5, 0.6) is 0 Å². The van der Waals surface area contributed by atoms with E-state index in [-0.39, 0.29) is 27.6 Å². The van der Waals surface area contributed by atoms with E-state index < -0.39 is 0 Å². The van der Waals surface area contributed by atoms with Gasteiger partial charge in [-0.2, -0.15) is 0 Å². The normalized spacial score (nSPS) is 13.4. The number of nitrogens with zero attached hydrogens (tertiary/aromatic N) is 20. The first-order chi connectivity index (χ1) is 27.4. The first-order valence-corrected chi connectivity index (χ1v) is 20.3. The molecule has 0 saturated heterocycles. The molecule has 6 aromatic rings. The summed E-state index contributed by atoms with van der Waals surface area (Å²) in [5.74, 6) is 0. The first-order valence-electron chi connectivity index (χ1n) is 20.3. The molecule has 0 aliphatic carbocycles. The van der Waals surface area contributed by atoms with Gasteiger partial charge in [-0.05, 0) is 83.1 Å². The van der Waals surface area contributed by atoms with E-state index in [1.807, 2.05) is 65.3 Å². The highest BCUT2D eigenvalue weighted by atomic mass is 15.5. The summed E-state index contributed by atoms with van der Waals surface area (Å²) in [7, 11) is 0. The maximum absolute atomic E-state index is 4.58. The quantitative estimate of drug-likeness (QED) is 0.134. The third kappa shape index (κ3) is 11.9. The maximum Gasteiger partial charge on any atom is 0.0967 e. The van der Waals surface area contributed by atoms with Crippen LogP contribution in [0.25, 0.3) is 0 Å².